The van der Waals surface area contributed by atoms with Gasteiger partial charge in [-0.05, 0) is 61.7 Å². The molecule has 3 aromatic rings. The van der Waals surface area contributed by atoms with Crippen molar-refractivity contribution >= 4 is 44.1 Å². The third-order valence-electron chi connectivity index (χ3n) is 6.02. The average molecular weight is 517 g/mol. The van der Waals surface area contributed by atoms with Crippen LogP contribution in [0.4, 0.5) is 5.69 Å². The maximum Gasteiger partial charge on any atom is 0.251 e. The number of carbonyl (C=O) groups is 1. The summed E-state index contributed by atoms with van der Waals surface area (Å²) in [5.41, 5.74) is 2.04. The van der Waals surface area contributed by atoms with E-state index in [1.54, 1.807) is 12.3 Å². The van der Waals surface area contributed by atoms with E-state index in [0.29, 0.717) is 37.6 Å². The standard InChI is InChI=1S/C25H29ClN4O4S/c1-34-23-9-6-18(16-24(23)35(32,33)30-14-3-2-4-15-30)25(31)29-12-5-11-27-21-10-13-28-22-17-19(26)7-8-20(21)22/h6-10,13,16-17H,2-5,11-12,14-15H2,1H3,(H,27,28)(H,29,31). The Balaban J connectivity index is 1.36. The van der Waals surface area contributed by atoms with Crippen LogP contribution in [-0.4, -0.2) is 56.9 Å². The molecule has 0 atom stereocenters. The third kappa shape index (κ3) is 5.86. The zero-order valence-electron chi connectivity index (χ0n) is 19.6. The van der Waals surface area contributed by atoms with Crippen LogP contribution in [0.1, 0.15) is 36.0 Å². The quantitative estimate of drug-likeness (QED) is 0.411. The highest BCUT2D eigenvalue weighted by Gasteiger charge is 2.29. The second-order valence-corrected chi connectivity index (χ2v) is 10.7. The summed E-state index contributed by atoms with van der Waals surface area (Å²) in [6.07, 6.45) is 5.09. The van der Waals surface area contributed by atoms with Crippen molar-refractivity contribution in [3.8, 4) is 5.75 Å². The molecule has 0 saturated carbocycles. The molecule has 0 spiro atoms. The van der Waals surface area contributed by atoms with Crippen molar-refractivity contribution in [3.63, 3.8) is 0 Å². The number of hydrogen-bond donors (Lipinski definition) is 2. The number of carbonyl (C=O) groups excluding carboxylic acids is 1. The van der Waals surface area contributed by atoms with Gasteiger partial charge in [0.15, 0.2) is 0 Å². The molecule has 0 bridgehead atoms. The van der Waals surface area contributed by atoms with E-state index in [-0.39, 0.29) is 22.1 Å². The number of hydrogen-bond acceptors (Lipinski definition) is 6. The molecule has 8 nitrogen and oxygen atoms in total. The van der Waals surface area contributed by atoms with Crippen LogP contribution in [0.15, 0.2) is 53.6 Å². The van der Waals surface area contributed by atoms with Gasteiger partial charge in [-0.2, -0.15) is 4.31 Å². The lowest BCUT2D eigenvalue weighted by molar-refractivity contribution is 0.0953. The van der Waals surface area contributed by atoms with Crippen molar-refractivity contribution in [2.75, 3.05) is 38.6 Å². The number of nitrogens with zero attached hydrogens (tertiary/aromatic N) is 2. The molecule has 1 aliphatic heterocycles. The summed E-state index contributed by atoms with van der Waals surface area (Å²) in [5.74, 6) is -0.0889. The minimum Gasteiger partial charge on any atom is -0.495 e. The van der Waals surface area contributed by atoms with Gasteiger partial charge < -0.3 is 15.4 Å². The highest BCUT2D eigenvalue weighted by atomic mass is 35.5. The third-order valence-corrected chi connectivity index (χ3v) is 8.17. The lowest BCUT2D eigenvalue weighted by Crippen LogP contribution is -2.36. The maximum absolute atomic E-state index is 13.2. The largest absolute Gasteiger partial charge is 0.495 e. The molecule has 0 unspecified atom stereocenters. The first-order valence-corrected chi connectivity index (χ1v) is 13.5. The second-order valence-electron chi connectivity index (χ2n) is 8.39. The van der Waals surface area contributed by atoms with Crippen molar-refractivity contribution < 1.29 is 17.9 Å². The fourth-order valence-electron chi connectivity index (χ4n) is 4.15. The van der Waals surface area contributed by atoms with E-state index in [0.717, 1.165) is 35.9 Å². The van der Waals surface area contributed by atoms with E-state index < -0.39 is 10.0 Å². The Hall–Kier alpha value is -2.88. The van der Waals surface area contributed by atoms with E-state index in [1.807, 2.05) is 24.3 Å². The molecule has 186 valence electrons. The number of fused-ring (bicyclic) bond motifs is 1. The average Bonchev–Trinajstić information content (AvgIpc) is 2.88. The fourth-order valence-corrected chi connectivity index (χ4v) is 6.02. The molecular weight excluding hydrogens is 488 g/mol. The number of aromatic nitrogens is 1. The summed E-state index contributed by atoms with van der Waals surface area (Å²) in [6, 6.07) is 12.0. The molecule has 1 aliphatic rings. The summed E-state index contributed by atoms with van der Waals surface area (Å²) < 4.78 is 33.1. The monoisotopic (exact) mass is 516 g/mol. The van der Waals surface area contributed by atoms with E-state index in [1.165, 1.54) is 23.5 Å². The van der Waals surface area contributed by atoms with Gasteiger partial charge in [0.25, 0.3) is 5.91 Å². The SMILES string of the molecule is COc1ccc(C(=O)NCCCNc2ccnc3cc(Cl)ccc23)cc1S(=O)(=O)N1CCCCC1. The molecule has 0 radical (unpaired) electrons. The highest BCUT2D eigenvalue weighted by molar-refractivity contribution is 7.89. The van der Waals surface area contributed by atoms with Gasteiger partial charge in [0, 0.05) is 54.0 Å². The number of methoxy groups -OCH3 is 1. The Bertz CT molecular complexity index is 1310. The van der Waals surface area contributed by atoms with Crippen LogP contribution in [-0.2, 0) is 10.0 Å². The summed E-state index contributed by atoms with van der Waals surface area (Å²) in [7, 11) is -2.31. The maximum atomic E-state index is 13.2. The smallest absolute Gasteiger partial charge is 0.251 e. The number of ether oxygens (including phenoxy) is 1. The molecule has 1 fully saturated rings. The minimum atomic E-state index is -3.74. The van der Waals surface area contributed by atoms with Crippen LogP contribution in [0, 0.1) is 0 Å². The van der Waals surface area contributed by atoms with Crippen LogP contribution in [0.5, 0.6) is 5.75 Å². The molecule has 2 N–H and O–H groups in total. The number of piperidine rings is 1. The van der Waals surface area contributed by atoms with E-state index in [4.69, 9.17) is 16.3 Å². The van der Waals surface area contributed by atoms with E-state index in [9.17, 15) is 13.2 Å². The molecule has 1 saturated heterocycles. The zero-order chi connectivity index (χ0) is 24.8. The Kier molecular flexibility index (Phi) is 8.10. The van der Waals surface area contributed by atoms with Gasteiger partial charge >= 0.3 is 0 Å². The molecule has 1 amide bonds. The first-order valence-electron chi connectivity index (χ1n) is 11.6. The lowest BCUT2D eigenvalue weighted by Gasteiger charge is -2.26. The first kappa shape index (κ1) is 25.2. The Morgan fingerprint density at radius 2 is 1.89 bits per heavy atom. The lowest BCUT2D eigenvalue weighted by atomic mass is 10.2. The Morgan fingerprint density at radius 3 is 2.66 bits per heavy atom. The predicted molar refractivity (Wildman–Crippen MR) is 138 cm³/mol. The van der Waals surface area contributed by atoms with Gasteiger partial charge in [0.1, 0.15) is 10.6 Å². The van der Waals surface area contributed by atoms with Crippen molar-refractivity contribution in [1.82, 2.24) is 14.6 Å². The number of pyridine rings is 1. The fraction of sp³-hybridized carbons (Fsp3) is 0.360. The Labute approximate surface area is 210 Å². The second kappa shape index (κ2) is 11.2. The van der Waals surface area contributed by atoms with Crippen LogP contribution >= 0.6 is 11.6 Å². The number of amides is 1. The molecule has 1 aromatic heterocycles. The highest BCUT2D eigenvalue weighted by Crippen LogP contribution is 2.29. The topological polar surface area (TPSA) is 101 Å². The van der Waals surface area contributed by atoms with Crippen molar-refractivity contribution in [2.45, 2.75) is 30.6 Å². The molecule has 0 aliphatic carbocycles. The van der Waals surface area contributed by atoms with Crippen molar-refractivity contribution in [3.05, 3.63) is 59.2 Å². The number of anilines is 1. The van der Waals surface area contributed by atoms with Gasteiger partial charge in [-0.25, -0.2) is 8.42 Å². The van der Waals surface area contributed by atoms with Crippen molar-refractivity contribution in [2.24, 2.45) is 0 Å². The van der Waals surface area contributed by atoms with Gasteiger partial charge in [-0.15, -0.1) is 0 Å². The summed E-state index contributed by atoms with van der Waals surface area (Å²) in [4.78, 5) is 17.1. The number of sulfonamides is 1. The van der Waals surface area contributed by atoms with Crippen LogP contribution in [0.3, 0.4) is 0 Å². The van der Waals surface area contributed by atoms with Gasteiger partial charge in [-0.1, -0.05) is 18.0 Å². The van der Waals surface area contributed by atoms with E-state index in [2.05, 4.69) is 15.6 Å². The zero-order valence-corrected chi connectivity index (χ0v) is 21.2. The van der Waals surface area contributed by atoms with E-state index >= 15 is 0 Å². The Morgan fingerprint density at radius 1 is 1.09 bits per heavy atom. The predicted octanol–water partition coefficient (Wildman–Crippen LogP) is 4.30. The molecule has 2 aromatic carbocycles. The molecule has 2 heterocycles. The molecule has 10 heteroatoms. The van der Waals surface area contributed by atoms with Gasteiger partial charge in [0.05, 0.1) is 12.6 Å². The van der Waals surface area contributed by atoms with Gasteiger partial charge in [-0.3, -0.25) is 9.78 Å². The number of nitrogens with one attached hydrogen (secondary N) is 2. The molecule has 35 heavy (non-hydrogen) atoms. The van der Waals surface area contributed by atoms with Crippen LogP contribution < -0.4 is 15.4 Å². The first-order chi connectivity index (χ1) is 16.9. The molecule has 4 rings (SSSR count). The van der Waals surface area contributed by atoms with Gasteiger partial charge in [0.2, 0.25) is 10.0 Å². The number of halogens is 1. The van der Waals surface area contributed by atoms with Crippen LogP contribution in [0.2, 0.25) is 5.02 Å². The van der Waals surface area contributed by atoms with Crippen molar-refractivity contribution in [1.29, 1.82) is 0 Å². The summed E-state index contributed by atoms with van der Waals surface area (Å²) >= 11 is 6.04. The summed E-state index contributed by atoms with van der Waals surface area (Å²) in [5, 5.41) is 7.84. The molecular formula is C25H29ClN4O4S. The number of benzene rings is 2. The number of rotatable bonds is 9. The van der Waals surface area contributed by atoms with Crippen LogP contribution in [0.25, 0.3) is 10.9 Å². The summed E-state index contributed by atoms with van der Waals surface area (Å²) in [6.45, 7) is 2.03. The normalized spacial score (nSPS) is 14.6. The minimum absolute atomic E-state index is 0.0286.